The lowest BCUT2D eigenvalue weighted by atomic mass is 10.0. The van der Waals surface area contributed by atoms with E-state index in [1.165, 1.54) is 7.11 Å². The number of thiocarbonyl (C=S) groups is 1. The van der Waals surface area contributed by atoms with Crippen molar-refractivity contribution < 1.29 is 18.7 Å². The smallest absolute Gasteiger partial charge is 0.285 e. The minimum absolute atomic E-state index is 0.123. The number of para-hydroxylation sites is 1. The molecule has 0 saturated carbocycles. The molecular formula is C24H20ClN3O4S. The van der Waals surface area contributed by atoms with Crippen LogP contribution in [0.2, 0.25) is 5.02 Å². The highest BCUT2D eigenvalue weighted by atomic mass is 35.5. The fraction of sp³-hybridized carbons (Fsp3) is 0.0833. The van der Waals surface area contributed by atoms with Crippen LogP contribution in [0.4, 0.5) is 11.4 Å². The second-order valence-corrected chi connectivity index (χ2v) is 7.83. The maximum absolute atomic E-state index is 11.9. The van der Waals surface area contributed by atoms with Gasteiger partial charge in [0, 0.05) is 22.7 Å². The van der Waals surface area contributed by atoms with Gasteiger partial charge in [0.2, 0.25) is 0 Å². The molecule has 3 aromatic carbocycles. The predicted octanol–water partition coefficient (Wildman–Crippen LogP) is 5.68. The van der Waals surface area contributed by atoms with E-state index >= 15 is 0 Å². The molecule has 0 unspecified atom stereocenters. The molecule has 0 aliphatic carbocycles. The van der Waals surface area contributed by atoms with Gasteiger partial charge in [-0.15, -0.1) is 0 Å². The van der Waals surface area contributed by atoms with Gasteiger partial charge in [-0.25, -0.2) is 0 Å². The quantitative estimate of drug-likeness (QED) is 0.305. The van der Waals surface area contributed by atoms with Crippen LogP contribution < -0.4 is 25.8 Å². The summed E-state index contributed by atoms with van der Waals surface area (Å²) >= 11 is 11.7. The van der Waals surface area contributed by atoms with Crippen molar-refractivity contribution in [3.63, 3.8) is 0 Å². The Kier molecular flexibility index (Phi) is 6.39. The molecule has 0 radical (unpaired) electrons. The Morgan fingerprint density at radius 2 is 1.70 bits per heavy atom. The van der Waals surface area contributed by atoms with E-state index in [0.29, 0.717) is 38.5 Å². The van der Waals surface area contributed by atoms with Crippen molar-refractivity contribution in [3.8, 4) is 22.6 Å². The normalized spacial score (nSPS) is 10.6. The van der Waals surface area contributed by atoms with Crippen LogP contribution in [0.1, 0.15) is 10.6 Å². The Labute approximate surface area is 200 Å². The molecule has 1 aromatic heterocycles. The fourth-order valence-electron chi connectivity index (χ4n) is 3.47. The molecule has 7 nitrogen and oxygen atoms in total. The minimum atomic E-state index is -0.624. The third-order valence-corrected chi connectivity index (χ3v) is 5.47. The Morgan fingerprint density at radius 1 is 1.00 bits per heavy atom. The number of methoxy groups -OCH3 is 2. The summed E-state index contributed by atoms with van der Waals surface area (Å²) in [6.45, 7) is 0. The summed E-state index contributed by atoms with van der Waals surface area (Å²) in [5.41, 5.74) is 8.92. The summed E-state index contributed by atoms with van der Waals surface area (Å²) in [6.07, 6.45) is 0. The van der Waals surface area contributed by atoms with Crippen LogP contribution in [-0.4, -0.2) is 25.2 Å². The van der Waals surface area contributed by atoms with Crippen LogP contribution in [0.3, 0.4) is 0 Å². The van der Waals surface area contributed by atoms with Crippen LogP contribution in [0.25, 0.3) is 22.1 Å². The molecule has 33 heavy (non-hydrogen) atoms. The summed E-state index contributed by atoms with van der Waals surface area (Å²) in [7, 11) is 3.07. The van der Waals surface area contributed by atoms with Crippen molar-refractivity contribution in [2.45, 2.75) is 0 Å². The number of amides is 1. The van der Waals surface area contributed by atoms with Gasteiger partial charge in [0.15, 0.2) is 10.9 Å². The number of halogens is 1. The molecule has 4 N–H and O–H groups in total. The average Bonchev–Trinajstić information content (AvgIpc) is 3.20. The van der Waals surface area contributed by atoms with Gasteiger partial charge in [0.25, 0.3) is 5.91 Å². The largest absolute Gasteiger partial charge is 0.495 e. The Morgan fingerprint density at radius 3 is 2.36 bits per heavy atom. The van der Waals surface area contributed by atoms with E-state index in [9.17, 15) is 4.79 Å². The number of rotatable bonds is 6. The predicted molar refractivity (Wildman–Crippen MR) is 135 cm³/mol. The van der Waals surface area contributed by atoms with Gasteiger partial charge in [-0.1, -0.05) is 41.9 Å². The molecular weight excluding hydrogens is 462 g/mol. The molecule has 1 heterocycles. The van der Waals surface area contributed by atoms with E-state index in [0.717, 1.165) is 16.6 Å². The van der Waals surface area contributed by atoms with Crippen molar-refractivity contribution >= 4 is 57.2 Å². The van der Waals surface area contributed by atoms with Gasteiger partial charge in [0.05, 0.1) is 24.9 Å². The number of fused-ring (bicyclic) bond motifs is 1. The van der Waals surface area contributed by atoms with Crippen LogP contribution in [0.15, 0.2) is 65.1 Å². The monoisotopic (exact) mass is 481 g/mol. The van der Waals surface area contributed by atoms with Gasteiger partial charge < -0.3 is 30.3 Å². The zero-order chi connectivity index (χ0) is 23.5. The molecule has 4 rings (SSSR count). The maximum Gasteiger partial charge on any atom is 0.285 e. The number of hydrogen-bond donors (Lipinski definition) is 3. The second-order valence-electron chi connectivity index (χ2n) is 7.01. The van der Waals surface area contributed by atoms with E-state index < -0.39 is 5.91 Å². The SMILES string of the molecule is COc1cc(OC)c(NC(=S)Nc2ccc(-c3c(C(N)=O)oc4ccccc34)cc2)cc1Cl. The van der Waals surface area contributed by atoms with Crippen molar-refractivity contribution in [1.82, 2.24) is 0 Å². The van der Waals surface area contributed by atoms with Crippen LogP contribution in [-0.2, 0) is 0 Å². The third-order valence-electron chi connectivity index (χ3n) is 4.97. The first-order chi connectivity index (χ1) is 15.9. The van der Waals surface area contributed by atoms with Crippen LogP contribution >= 0.6 is 23.8 Å². The molecule has 1 amide bonds. The van der Waals surface area contributed by atoms with Crippen molar-refractivity contribution in [3.05, 3.63) is 71.4 Å². The number of carbonyl (C=O) groups is 1. The van der Waals surface area contributed by atoms with Gasteiger partial charge in [-0.2, -0.15) is 0 Å². The van der Waals surface area contributed by atoms with Gasteiger partial charge in [0.1, 0.15) is 17.1 Å². The molecule has 4 aromatic rings. The number of nitrogens with two attached hydrogens (primary N) is 1. The summed E-state index contributed by atoms with van der Waals surface area (Å²) in [6, 6.07) is 18.2. The lowest BCUT2D eigenvalue weighted by Crippen LogP contribution is -2.19. The van der Waals surface area contributed by atoms with E-state index in [1.54, 1.807) is 25.3 Å². The minimum Gasteiger partial charge on any atom is -0.495 e. The number of ether oxygens (including phenoxy) is 2. The molecule has 0 spiro atoms. The van der Waals surface area contributed by atoms with Crippen molar-refractivity contribution in [2.24, 2.45) is 5.73 Å². The van der Waals surface area contributed by atoms with Crippen molar-refractivity contribution in [2.75, 3.05) is 24.9 Å². The number of primary amides is 1. The molecule has 0 aliphatic heterocycles. The number of benzene rings is 3. The third kappa shape index (κ3) is 4.57. The summed E-state index contributed by atoms with van der Waals surface area (Å²) in [4.78, 5) is 11.9. The number of furan rings is 1. The Hall–Kier alpha value is -3.75. The first kappa shape index (κ1) is 22.4. The topological polar surface area (TPSA) is 98.8 Å². The van der Waals surface area contributed by atoms with Crippen LogP contribution in [0.5, 0.6) is 11.5 Å². The van der Waals surface area contributed by atoms with Gasteiger partial charge in [-0.3, -0.25) is 4.79 Å². The van der Waals surface area contributed by atoms with E-state index in [2.05, 4.69) is 10.6 Å². The Balaban J connectivity index is 1.55. The second kappa shape index (κ2) is 9.40. The molecule has 168 valence electrons. The molecule has 0 fully saturated rings. The van der Waals surface area contributed by atoms with Gasteiger partial charge >= 0.3 is 0 Å². The number of anilines is 2. The summed E-state index contributed by atoms with van der Waals surface area (Å²) < 4.78 is 16.3. The number of carbonyl (C=O) groups excluding carboxylic acids is 1. The van der Waals surface area contributed by atoms with Crippen molar-refractivity contribution in [1.29, 1.82) is 0 Å². The van der Waals surface area contributed by atoms with Crippen LogP contribution in [0, 0.1) is 0 Å². The van der Waals surface area contributed by atoms with E-state index in [1.807, 2.05) is 42.5 Å². The summed E-state index contributed by atoms with van der Waals surface area (Å²) in [5, 5.41) is 7.76. The summed E-state index contributed by atoms with van der Waals surface area (Å²) in [5.74, 6) is 0.524. The number of nitrogens with one attached hydrogen (secondary N) is 2. The van der Waals surface area contributed by atoms with E-state index in [-0.39, 0.29) is 5.76 Å². The average molecular weight is 482 g/mol. The molecule has 0 atom stereocenters. The molecule has 9 heteroatoms. The highest BCUT2D eigenvalue weighted by Gasteiger charge is 2.19. The molecule has 0 saturated heterocycles. The first-order valence-corrected chi connectivity index (χ1v) is 10.6. The maximum atomic E-state index is 11.9. The number of hydrogen-bond acceptors (Lipinski definition) is 5. The standard InChI is InChI=1S/C24H20ClN3O4S/c1-30-19-12-20(31-2)17(11-16(19)25)28-24(33)27-14-9-7-13(8-10-14)21-15-5-3-4-6-18(15)32-22(21)23(26)29/h3-12H,1-2H3,(H2,26,29)(H2,27,28,33). The first-order valence-electron chi connectivity index (χ1n) is 9.82. The highest BCUT2D eigenvalue weighted by molar-refractivity contribution is 7.80. The fourth-order valence-corrected chi connectivity index (χ4v) is 3.94. The lowest BCUT2D eigenvalue weighted by molar-refractivity contribution is 0.0977. The Bertz CT molecular complexity index is 1350. The lowest BCUT2D eigenvalue weighted by Gasteiger charge is -2.15. The zero-order valence-corrected chi connectivity index (χ0v) is 19.3. The molecule has 0 aliphatic rings. The zero-order valence-electron chi connectivity index (χ0n) is 17.8. The van der Waals surface area contributed by atoms with Gasteiger partial charge in [-0.05, 0) is 42.0 Å². The van der Waals surface area contributed by atoms with E-state index in [4.69, 9.17) is 43.4 Å². The molecule has 0 bridgehead atoms. The highest BCUT2D eigenvalue weighted by Crippen LogP contribution is 2.37.